The predicted octanol–water partition coefficient (Wildman–Crippen LogP) is 0.360. The summed E-state index contributed by atoms with van der Waals surface area (Å²) in [7, 11) is 0. The number of aromatic nitrogens is 2. The van der Waals surface area contributed by atoms with Gasteiger partial charge in [0.1, 0.15) is 6.10 Å². The van der Waals surface area contributed by atoms with Crippen molar-refractivity contribution in [2.75, 3.05) is 19.8 Å². The van der Waals surface area contributed by atoms with Crippen molar-refractivity contribution < 1.29 is 18.8 Å². The smallest absolute Gasteiger partial charge is 0.293 e. The van der Waals surface area contributed by atoms with Gasteiger partial charge in [-0.3, -0.25) is 4.79 Å². The van der Waals surface area contributed by atoms with E-state index in [1.54, 1.807) is 0 Å². The third-order valence-corrected chi connectivity index (χ3v) is 1.85. The lowest BCUT2D eigenvalue weighted by Crippen LogP contribution is -2.22. The van der Waals surface area contributed by atoms with Crippen LogP contribution in [-0.2, 0) is 9.47 Å². The quantitative estimate of drug-likeness (QED) is 0.639. The number of ketones is 1. The fourth-order valence-corrected chi connectivity index (χ4v) is 1.15. The molecule has 6 nitrogen and oxygen atoms in total. The maximum atomic E-state index is 10.9. The van der Waals surface area contributed by atoms with Crippen molar-refractivity contribution in [2.24, 2.45) is 0 Å². The molecule has 0 spiro atoms. The normalized spacial score (nSPS) is 22.2. The lowest BCUT2D eigenvalue weighted by Gasteiger charge is -2.19. The molecule has 1 aromatic rings. The number of hydrogen-bond acceptors (Lipinski definition) is 6. The first-order valence-corrected chi connectivity index (χ1v) is 4.31. The number of hydrogen-bond donors (Lipinski definition) is 0. The summed E-state index contributed by atoms with van der Waals surface area (Å²) < 4.78 is 15.2. The molecule has 1 aromatic heterocycles. The summed E-state index contributed by atoms with van der Waals surface area (Å²) in [5.41, 5.74) is 0. The fourth-order valence-electron chi connectivity index (χ4n) is 1.15. The van der Waals surface area contributed by atoms with Crippen molar-refractivity contribution in [1.29, 1.82) is 0 Å². The fraction of sp³-hybridized carbons (Fsp3) is 0.625. The molecule has 0 amide bonds. The molecule has 0 aliphatic carbocycles. The molecular weight excluding hydrogens is 188 g/mol. The van der Waals surface area contributed by atoms with Crippen LogP contribution in [-0.4, -0.2) is 35.7 Å². The van der Waals surface area contributed by atoms with Gasteiger partial charge in [0.2, 0.25) is 11.6 Å². The minimum atomic E-state index is -0.319. The Labute approximate surface area is 80.2 Å². The molecule has 1 aliphatic heterocycles. The van der Waals surface area contributed by atoms with Gasteiger partial charge in [0, 0.05) is 6.92 Å². The van der Waals surface area contributed by atoms with E-state index in [0.717, 1.165) is 0 Å². The highest BCUT2D eigenvalue weighted by molar-refractivity contribution is 5.89. The lowest BCUT2D eigenvalue weighted by atomic mass is 10.3. The zero-order chi connectivity index (χ0) is 9.97. The van der Waals surface area contributed by atoms with E-state index in [0.29, 0.717) is 25.6 Å². The molecule has 0 bridgehead atoms. The molecule has 0 N–H and O–H groups in total. The largest absolute Gasteiger partial charge is 0.376 e. The van der Waals surface area contributed by atoms with E-state index in [2.05, 4.69) is 10.1 Å². The maximum absolute atomic E-state index is 10.9. The minimum absolute atomic E-state index is 0.00849. The highest BCUT2D eigenvalue weighted by atomic mass is 16.6. The monoisotopic (exact) mass is 198 g/mol. The molecule has 1 aliphatic rings. The van der Waals surface area contributed by atoms with Crippen LogP contribution in [0.4, 0.5) is 0 Å². The first-order valence-electron chi connectivity index (χ1n) is 4.31. The Morgan fingerprint density at radius 3 is 2.93 bits per heavy atom. The first kappa shape index (κ1) is 9.29. The molecule has 0 radical (unpaired) electrons. The number of ether oxygens (including phenoxy) is 2. The van der Waals surface area contributed by atoms with Crippen LogP contribution in [0.3, 0.4) is 0 Å². The molecule has 1 unspecified atom stereocenters. The van der Waals surface area contributed by atoms with Crippen molar-refractivity contribution in [3.63, 3.8) is 0 Å². The van der Waals surface area contributed by atoms with Crippen LogP contribution in [0.25, 0.3) is 0 Å². The Hall–Kier alpha value is -1.27. The average molecular weight is 198 g/mol. The Bertz CT molecular complexity index is 330. The van der Waals surface area contributed by atoms with Crippen molar-refractivity contribution in [3.05, 3.63) is 11.7 Å². The van der Waals surface area contributed by atoms with Crippen molar-refractivity contribution in [3.8, 4) is 0 Å². The summed E-state index contributed by atoms with van der Waals surface area (Å²) in [6.07, 6.45) is -0.319. The van der Waals surface area contributed by atoms with Crippen molar-refractivity contribution in [1.82, 2.24) is 10.1 Å². The average Bonchev–Trinajstić information content (AvgIpc) is 2.68. The van der Waals surface area contributed by atoms with E-state index in [-0.39, 0.29) is 17.8 Å². The molecule has 0 saturated carbocycles. The van der Waals surface area contributed by atoms with E-state index in [1.807, 2.05) is 0 Å². The zero-order valence-electron chi connectivity index (χ0n) is 7.73. The molecule has 1 saturated heterocycles. The lowest BCUT2D eigenvalue weighted by molar-refractivity contribution is -0.0941. The number of Topliss-reactive ketones (excluding diaryl/α,β-unsaturated/α-hetero) is 1. The van der Waals surface area contributed by atoms with Gasteiger partial charge in [-0.1, -0.05) is 5.16 Å². The molecular formula is C8H10N2O4. The van der Waals surface area contributed by atoms with Gasteiger partial charge in [-0.25, -0.2) is 0 Å². The second kappa shape index (κ2) is 3.85. The maximum Gasteiger partial charge on any atom is 0.293 e. The van der Waals surface area contributed by atoms with Gasteiger partial charge in [0.05, 0.1) is 19.8 Å². The highest BCUT2D eigenvalue weighted by Crippen LogP contribution is 2.17. The van der Waals surface area contributed by atoms with Crippen LogP contribution in [0.1, 0.15) is 29.5 Å². The Morgan fingerprint density at radius 2 is 2.36 bits per heavy atom. The third kappa shape index (κ3) is 1.80. The summed E-state index contributed by atoms with van der Waals surface area (Å²) in [6.45, 7) is 2.86. The summed E-state index contributed by atoms with van der Waals surface area (Å²) in [5.74, 6) is 0.129. The molecule has 2 heterocycles. The number of nitrogens with zero attached hydrogens (tertiary/aromatic N) is 2. The van der Waals surface area contributed by atoms with Crippen molar-refractivity contribution >= 4 is 5.78 Å². The van der Waals surface area contributed by atoms with Gasteiger partial charge in [-0.2, -0.15) is 4.98 Å². The Morgan fingerprint density at radius 1 is 1.50 bits per heavy atom. The number of rotatable bonds is 2. The van der Waals surface area contributed by atoms with Crippen LogP contribution < -0.4 is 0 Å². The standard InChI is InChI=1S/C8H10N2O4/c1-5(11)8-9-7(10-14-8)6-4-12-2-3-13-6/h6H,2-4H2,1H3. The molecule has 0 aromatic carbocycles. The Kier molecular flexibility index (Phi) is 2.55. The zero-order valence-corrected chi connectivity index (χ0v) is 7.73. The van der Waals surface area contributed by atoms with E-state index in [1.165, 1.54) is 6.92 Å². The van der Waals surface area contributed by atoms with E-state index in [4.69, 9.17) is 14.0 Å². The summed E-state index contributed by atoms with van der Waals surface area (Å²) in [6, 6.07) is 0. The second-order valence-electron chi connectivity index (χ2n) is 2.95. The molecule has 2 rings (SSSR count). The van der Waals surface area contributed by atoms with E-state index >= 15 is 0 Å². The topological polar surface area (TPSA) is 74.5 Å². The van der Waals surface area contributed by atoms with Crippen LogP contribution in [0.2, 0.25) is 0 Å². The van der Waals surface area contributed by atoms with Gasteiger partial charge in [0.15, 0.2) is 0 Å². The van der Waals surface area contributed by atoms with Crippen LogP contribution in [0.15, 0.2) is 4.52 Å². The molecule has 6 heteroatoms. The predicted molar refractivity (Wildman–Crippen MR) is 43.8 cm³/mol. The molecule has 76 valence electrons. The third-order valence-electron chi connectivity index (χ3n) is 1.85. The summed E-state index contributed by atoms with van der Waals surface area (Å²) >= 11 is 0. The van der Waals surface area contributed by atoms with E-state index in [9.17, 15) is 4.79 Å². The van der Waals surface area contributed by atoms with Gasteiger partial charge < -0.3 is 14.0 Å². The van der Waals surface area contributed by atoms with Gasteiger partial charge in [-0.15, -0.1) is 0 Å². The van der Waals surface area contributed by atoms with Crippen LogP contribution in [0.5, 0.6) is 0 Å². The van der Waals surface area contributed by atoms with Gasteiger partial charge in [-0.05, 0) is 0 Å². The SMILES string of the molecule is CC(=O)c1nc(C2COCCO2)no1. The van der Waals surface area contributed by atoms with E-state index < -0.39 is 0 Å². The Balaban J connectivity index is 2.11. The number of carbonyl (C=O) groups excluding carboxylic acids is 1. The second-order valence-corrected chi connectivity index (χ2v) is 2.95. The first-order chi connectivity index (χ1) is 6.77. The summed E-state index contributed by atoms with van der Waals surface area (Å²) in [4.78, 5) is 14.8. The number of carbonyl (C=O) groups is 1. The molecule has 1 fully saturated rings. The highest BCUT2D eigenvalue weighted by Gasteiger charge is 2.23. The van der Waals surface area contributed by atoms with Gasteiger partial charge >= 0.3 is 0 Å². The minimum Gasteiger partial charge on any atom is -0.376 e. The van der Waals surface area contributed by atoms with Crippen LogP contribution in [0, 0.1) is 0 Å². The van der Waals surface area contributed by atoms with Crippen LogP contribution >= 0.6 is 0 Å². The van der Waals surface area contributed by atoms with Gasteiger partial charge in [0.25, 0.3) is 5.89 Å². The summed E-state index contributed by atoms with van der Waals surface area (Å²) in [5, 5.41) is 3.65. The molecule has 1 atom stereocenters. The molecule has 14 heavy (non-hydrogen) atoms. The van der Waals surface area contributed by atoms with Crippen molar-refractivity contribution in [2.45, 2.75) is 13.0 Å².